The highest BCUT2D eigenvalue weighted by Crippen LogP contribution is 2.29. The summed E-state index contributed by atoms with van der Waals surface area (Å²) >= 11 is 0. The van der Waals surface area contributed by atoms with E-state index in [2.05, 4.69) is 20.7 Å². The van der Waals surface area contributed by atoms with Crippen molar-refractivity contribution < 1.29 is 9.32 Å². The predicted molar refractivity (Wildman–Crippen MR) is 104 cm³/mol. The zero-order chi connectivity index (χ0) is 18.9. The van der Waals surface area contributed by atoms with Crippen LogP contribution in [0.15, 0.2) is 77.4 Å². The van der Waals surface area contributed by atoms with Crippen LogP contribution in [0.2, 0.25) is 0 Å². The Kier molecular flexibility index (Phi) is 3.83. The maximum atomic E-state index is 12.7. The molecule has 0 aliphatic heterocycles. The van der Waals surface area contributed by atoms with Crippen LogP contribution in [0.3, 0.4) is 0 Å². The third kappa shape index (κ3) is 2.79. The minimum atomic E-state index is -0.199. The quantitative estimate of drug-likeness (QED) is 0.524. The van der Waals surface area contributed by atoms with Crippen molar-refractivity contribution in [3.05, 3.63) is 84.3 Å². The van der Waals surface area contributed by atoms with Crippen LogP contribution in [0.5, 0.6) is 0 Å². The number of fused-ring (bicyclic) bond motifs is 2. The minimum Gasteiger partial charge on any atom is -0.355 e. The third-order valence-electron chi connectivity index (χ3n) is 4.57. The van der Waals surface area contributed by atoms with E-state index in [0.717, 1.165) is 16.6 Å². The van der Waals surface area contributed by atoms with Crippen LogP contribution < -0.4 is 5.32 Å². The first-order valence-corrected chi connectivity index (χ1v) is 8.81. The van der Waals surface area contributed by atoms with Gasteiger partial charge in [-0.25, -0.2) is 0 Å². The van der Waals surface area contributed by atoms with Gasteiger partial charge in [0.15, 0.2) is 17.2 Å². The highest BCUT2D eigenvalue weighted by atomic mass is 16.5. The lowest BCUT2D eigenvalue weighted by atomic mass is 10.1. The van der Waals surface area contributed by atoms with Crippen molar-refractivity contribution in [3.8, 4) is 11.3 Å². The lowest BCUT2D eigenvalue weighted by Gasteiger charge is -2.05. The van der Waals surface area contributed by atoms with Gasteiger partial charge in [0.25, 0.3) is 5.91 Å². The van der Waals surface area contributed by atoms with E-state index in [1.54, 1.807) is 18.2 Å². The zero-order valence-electron chi connectivity index (χ0n) is 14.7. The van der Waals surface area contributed by atoms with Crippen molar-refractivity contribution in [2.75, 3.05) is 0 Å². The number of rotatable bonds is 4. The van der Waals surface area contributed by atoms with Gasteiger partial charge in [-0.15, -0.1) is 10.2 Å². The number of nitrogens with one attached hydrogen (secondary N) is 1. The lowest BCUT2D eigenvalue weighted by Crippen LogP contribution is -2.23. The first-order valence-electron chi connectivity index (χ1n) is 8.81. The summed E-state index contributed by atoms with van der Waals surface area (Å²) in [6.07, 6.45) is 1.87. The molecule has 0 atom stereocenters. The van der Waals surface area contributed by atoms with Crippen molar-refractivity contribution in [2.24, 2.45) is 0 Å². The summed E-state index contributed by atoms with van der Waals surface area (Å²) in [5.41, 5.74) is 2.89. The van der Waals surface area contributed by atoms with E-state index in [1.165, 1.54) is 0 Å². The van der Waals surface area contributed by atoms with Crippen LogP contribution >= 0.6 is 0 Å². The Bertz CT molecular complexity index is 1290. The second kappa shape index (κ2) is 6.62. The molecule has 0 bridgehead atoms. The molecule has 0 unspecified atom stereocenters. The number of hydrogen-bond donors (Lipinski definition) is 1. The molecule has 3 heterocycles. The number of hydrogen-bond acceptors (Lipinski definition) is 5. The molecule has 7 heteroatoms. The van der Waals surface area contributed by atoms with Crippen LogP contribution in [-0.4, -0.2) is 25.7 Å². The largest absolute Gasteiger partial charge is 0.355 e. The molecule has 0 saturated carbocycles. The second-order valence-electron chi connectivity index (χ2n) is 6.34. The molecule has 1 amide bonds. The number of nitrogens with zero attached hydrogens (tertiary/aromatic N) is 4. The standard InChI is InChI=1S/C21H15N5O2/c27-21(22-13-19-24-23-18-8-4-5-11-26(18)19)15-9-10-17-16(12-15)20(28-25-17)14-6-2-1-3-7-14/h1-12H,13H2,(H,22,27). The highest BCUT2D eigenvalue weighted by Gasteiger charge is 2.14. The van der Waals surface area contributed by atoms with Gasteiger partial charge in [0.2, 0.25) is 0 Å². The third-order valence-corrected chi connectivity index (χ3v) is 4.57. The number of carbonyl (C=O) groups is 1. The molecule has 1 N–H and O–H groups in total. The molecule has 7 nitrogen and oxygen atoms in total. The number of pyridine rings is 1. The molecule has 0 radical (unpaired) electrons. The van der Waals surface area contributed by atoms with E-state index in [1.807, 2.05) is 59.1 Å². The summed E-state index contributed by atoms with van der Waals surface area (Å²) in [5.74, 6) is 1.11. The Labute approximate surface area is 159 Å². The molecular weight excluding hydrogens is 354 g/mol. The summed E-state index contributed by atoms with van der Waals surface area (Å²) in [5, 5.41) is 16.0. The van der Waals surface area contributed by atoms with Gasteiger partial charge in [0, 0.05) is 17.3 Å². The van der Waals surface area contributed by atoms with Crippen molar-refractivity contribution in [3.63, 3.8) is 0 Å². The zero-order valence-corrected chi connectivity index (χ0v) is 14.7. The normalized spacial score (nSPS) is 11.1. The van der Waals surface area contributed by atoms with Crippen LogP contribution in [0.4, 0.5) is 0 Å². The molecule has 0 aliphatic rings. The Hall–Kier alpha value is -4.00. The lowest BCUT2D eigenvalue weighted by molar-refractivity contribution is 0.0950. The fourth-order valence-electron chi connectivity index (χ4n) is 3.15. The maximum absolute atomic E-state index is 12.7. The van der Waals surface area contributed by atoms with Gasteiger partial charge in [-0.1, -0.05) is 41.6 Å². The van der Waals surface area contributed by atoms with Crippen molar-refractivity contribution >= 4 is 22.5 Å². The number of benzene rings is 2. The average molecular weight is 369 g/mol. The van der Waals surface area contributed by atoms with Crippen molar-refractivity contribution in [1.29, 1.82) is 0 Å². The Morgan fingerprint density at radius 2 is 1.86 bits per heavy atom. The average Bonchev–Trinajstić information content (AvgIpc) is 3.36. The van der Waals surface area contributed by atoms with Gasteiger partial charge in [-0.2, -0.15) is 0 Å². The summed E-state index contributed by atoms with van der Waals surface area (Å²) in [4.78, 5) is 12.7. The van der Waals surface area contributed by atoms with E-state index in [0.29, 0.717) is 22.7 Å². The molecule has 5 rings (SSSR count). The molecule has 3 aromatic heterocycles. The van der Waals surface area contributed by atoms with Crippen LogP contribution in [0.1, 0.15) is 16.2 Å². The van der Waals surface area contributed by atoms with E-state index < -0.39 is 0 Å². The molecule has 0 spiro atoms. The molecule has 5 aromatic rings. The fraction of sp³-hybridized carbons (Fsp3) is 0.0476. The summed E-state index contributed by atoms with van der Waals surface area (Å²) in [6, 6.07) is 20.7. The summed E-state index contributed by atoms with van der Waals surface area (Å²) in [7, 11) is 0. The van der Waals surface area contributed by atoms with Gasteiger partial charge in [0.1, 0.15) is 5.52 Å². The van der Waals surface area contributed by atoms with Gasteiger partial charge in [-0.3, -0.25) is 9.20 Å². The van der Waals surface area contributed by atoms with E-state index in [9.17, 15) is 4.79 Å². The van der Waals surface area contributed by atoms with Gasteiger partial charge in [-0.05, 0) is 30.3 Å². The molecule has 0 fully saturated rings. The SMILES string of the molecule is O=C(NCc1nnc2ccccn12)c1ccc2noc(-c3ccccc3)c2c1. The molecule has 28 heavy (non-hydrogen) atoms. The topological polar surface area (TPSA) is 85.3 Å². The Morgan fingerprint density at radius 1 is 1.00 bits per heavy atom. The molecule has 136 valence electrons. The fourth-order valence-corrected chi connectivity index (χ4v) is 3.15. The minimum absolute atomic E-state index is 0.199. The number of aromatic nitrogens is 4. The van der Waals surface area contributed by atoms with Crippen LogP contribution in [-0.2, 0) is 6.54 Å². The predicted octanol–water partition coefficient (Wildman–Crippen LogP) is 3.47. The van der Waals surface area contributed by atoms with Crippen molar-refractivity contribution in [2.45, 2.75) is 6.54 Å². The highest BCUT2D eigenvalue weighted by molar-refractivity contribution is 6.00. The first kappa shape index (κ1) is 16.2. The molecular formula is C21H15N5O2. The van der Waals surface area contributed by atoms with Gasteiger partial charge >= 0.3 is 0 Å². The number of carbonyl (C=O) groups excluding carboxylic acids is 1. The van der Waals surface area contributed by atoms with Gasteiger partial charge < -0.3 is 9.84 Å². The van der Waals surface area contributed by atoms with E-state index >= 15 is 0 Å². The van der Waals surface area contributed by atoms with Crippen LogP contribution in [0.25, 0.3) is 27.9 Å². The summed E-state index contributed by atoms with van der Waals surface area (Å²) in [6.45, 7) is 0.275. The van der Waals surface area contributed by atoms with Gasteiger partial charge in [0.05, 0.1) is 11.9 Å². The van der Waals surface area contributed by atoms with Crippen molar-refractivity contribution in [1.82, 2.24) is 25.1 Å². The first-order chi connectivity index (χ1) is 13.8. The Morgan fingerprint density at radius 3 is 2.75 bits per heavy atom. The van der Waals surface area contributed by atoms with E-state index in [4.69, 9.17) is 4.52 Å². The molecule has 0 saturated heterocycles. The van der Waals surface area contributed by atoms with E-state index in [-0.39, 0.29) is 12.5 Å². The smallest absolute Gasteiger partial charge is 0.251 e. The van der Waals surface area contributed by atoms with Crippen LogP contribution in [0, 0.1) is 0 Å². The summed E-state index contributed by atoms with van der Waals surface area (Å²) < 4.78 is 7.34. The second-order valence-corrected chi connectivity index (χ2v) is 6.34. The molecule has 0 aliphatic carbocycles. The molecule has 2 aromatic carbocycles. The maximum Gasteiger partial charge on any atom is 0.251 e. The Balaban J connectivity index is 1.42. The number of amides is 1. The monoisotopic (exact) mass is 369 g/mol.